The van der Waals surface area contributed by atoms with Gasteiger partial charge in [0.1, 0.15) is 22.1 Å². The van der Waals surface area contributed by atoms with Crippen LogP contribution in [0.25, 0.3) is 95.8 Å². The van der Waals surface area contributed by atoms with Gasteiger partial charge in [0.15, 0.2) is 0 Å². The maximum absolute atomic E-state index is 6.21. The van der Waals surface area contributed by atoms with E-state index in [9.17, 15) is 0 Å². The van der Waals surface area contributed by atoms with Crippen LogP contribution in [-0.2, 0) is 40.3 Å². The van der Waals surface area contributed by atoms with E-state index in [-0.39, 0.29) is 21.7 Å². The summed E-state index contributed by atoms with van der Waals surface area (Å²) in [5, 5.41) is 5.67. The molecule has 6 aliphatic rings. The zero-order valence-electron chi connectivity index (χ0n) is 55.0. The summed E-state index contributed by atoms with van der Waals surface area (Å²) in [7, 11) is -0.956. The van der Waals surface area contributed by atoms with Crippen molar-refractivity contribution >= 4 is 169 Å². The molecule has 4 aliphatic carbocycles. The number of hydrogen-bond donors (Lipinski definition) is 0. The molecule has 92 heavy (non-hydrogen) atoms. The number of hydrogen-bond acceptors (Lipinski definition) is 14. The lowest BCUT2D eigenvalue weighted by Gasteiger charge is -2.32. The Balaban J connectivity index is 0.000000112. The third kappa shape index (κ3) is 8.72. The minimum absolute atomic E-state index is 0.0162. The smallest absolute Gasteiger partial charge is 0.399 e. The predicted molar refractivity (Wildman–Crippen MR) is 400 cm³/mol. The van der Waals surface area contributed by atoms with Crippen LogP contribution in [0.1, 0.15) is 166 Å². The molecule has 0 radical (unpaired) electrons. The summed E-state index contributed by atoms with van der Waals surface area (Å²) in [5.41, 5.74) is 23.6. The highest BCUT2D eigenvalue weighted by Gasteiger charge is 2.55. The number of aryl methyl sites for hydroxylation is 2. The second-order valence-electron chi connectivity index (χ2n) is 30.0. The van der Waals surface area contributed by atoms with Gasteiger partial charge in [-0.3, -0.25) is 0 Å². The van der Waals surface area contributed by atoms with Gasteiger partial charge in [0, 0.05) is 67.4 Å². The van der Waals surface area contributed by atoms with Crippen molar-refractivity contribution in [1.29, 1.82) is 0 Å². The van der Waals surface area contributed by atoms with Crippen molar-refractivity contribution in [3.63, 3.8) is 0 Å². The van der Waals surface area contributed by atoms with Crippen LogP contribution < -0.4 is 10.9 Å². The summed E-state index contributed by atoms with van der Waals surface area (Å²) >= 11 is 17.5. The van der Waals surface area contributed by atoms with Crippen LogP contribution in [0.3, 0.4) is 0 Å². The van der Waals surface area contributed by atoms with Gasteiger partial charge < -0.3 is 18.6 Å². The molecule has 0 atom stereocenters. The Kier molecular flexibility index (Phi) is 13.8. The van der Waals surface area contributed by atoms with Crippen LogP contribution in [0.5, 0.6) is 0 Å². The zero-order valence-corrected chi connectivity index (χ0v) is 63.1. The van der Waals surface area contributed by atoms with E-state index in [2.05, 4.69) is 204 Å². The Morgan fingerprint density at radius 3 is 1.08 bits per heavy atom. The molecule has 0 N–H and O–H groups in total. The summed E-state index contributed by atoms with van der Waals surface area (Å²) in [6, 6.07) is 36.9. The SMILES string of the molecule is CC1(C)OB(c2ccc(B3OC(C)(C)C(C)(C)O3)c3nsnc23)OC1(C)C.CC1(C)c2cc(Br)sc2-c2ccc3c4c(ccc3c21)-c1sc(Br)cc1C4(C)C.Cc1cc2c(s1)-c1ccc3c4c(ccc3c1C2(C)C)-c1sc(-c2ccc(C)c3nsnc23)cc1C4(C)C. The average Bonchev–Trinajstić information content (AvgIpc) is 1.53. The van der Waals surface area contributed by atoms with Crippen LogP contribution in [0, 0.1) is 13.8 Å². The van der Waals surface area contributed by atoms with Crippen molar-refractivity contribution in [2.24, 2.45) is 0 Å². The van der Waals surface area contributed by atoms with E-state index < -0.39 is 36.6 Å². The molecule has 8 nitrogen and oxygen atoms in total. The molecule has 0 saturated carbocycles. The number of benzene rings is 6. The van der Waals surface area contributed by atoms with Crippen LogP contribution >= 0.6 is 101 Å². The summed E-state index contributed by atoms with van der Waals surface area (Å²) in [5.74, 6) is 0. The highest BCUT2D eigenvalue weighted by atomic mass is 79.9. The number of aromatic nitrogens is 4. The van der Waals surface area contributed by atoms with Crippen LogP contribution in [0.2, 0.25) is 0 Å². The summed E-state index contributed by atoms with van der Waals surface area (Å²) in [4.78, 5) is 8.41. The van der Waals surface area contributed by atoms with Crippen molar-refractivity contribution in [2.75, 3.05) is 0 Å². The van der Waals surface area contributed by atoms with Gasteiger partial charge >= 0.3 is 14.2 Å². The molecular formula is C74H70B2Br2N4O4S6. The van der Waals surface area contributed by atoms with Crippen molar-refractivity contribution < 1.29 is 18.6 Å². The Labute approximate surface area is 580 Å². The maximum atomic E-state index is 6.21. The van der Waals surface area contributed by atoms with E-state index in [4.69, 9.17) is 18.6 Å². The number of rotatable bonds is 3. The van der Waals surface area contributed by atoms with E-state index in [1.165, 1.54) is 160 Å². The lowest BCUT2D eigenvalue weighted by atomic mass is 9.72. The molecule has 2 aliphatic heterocycles. The van der Waals surface area contributed by atoms with E-state index in [0.29, 0.717) is 0 Å². The van der Waals surface area contributed by atoms with Crippen molar-refractivity contribution in [3.05, 3.63) is 160 Å². The fraction of sp³-hybridized carbons (Fsp3) is 0.351. The van der Waals surface area contributed by atoms with E-state index in [1.54, 1.807) is 0 Å². The van der Waals surface area contributed by atoms with Gasteiger partial charge in [0.25, 0.3) is 0 Å². The standard InChI is InChI=1S/C32H26N2S3.C24H18Br2S2.C18H26B2N2O4S/c1-15-7-8-19(28-27(15)33-37-34-28)24-14-23-30(36-24)21-12-10-17-18(26(21)32(23,5)6)9-11-20-25(17)31(3,4)22-13-16(2)35-29(20)22;1-23(2)15-9-17(25)27-21(15)13-7-6-12-11(19(13)23)5-8-14-20(12)24(3,4)16-10-18(26)28-22(14)16;1-15(2)16(3,4)24-19(23-15)11-9-10-12(14-13(11)21-27-22-14)20-25-17(5,6)18(7,8)26-20/h7-14H,1-6H3;5-10H,1-4H3;9-10H,1-8H3. The Hall–Kier alpha value is -4.79. The van der Waals surface area contributed by atoms with Gasteiger partial charge in [-0.05, 0) is 219 Å². The minimum atomic E-state index is -0.478. The molecule has 12 aromatic rings. The van der Waals surface area contributed by atoms with E-state index in [1.807, 2.05) is 113 Å². The first-order chi connectivity index (χ1) is 43.2. The molecule has 466 valence electrons. The van der Waals surface area contributed by atoms with Gasteiger partial charge in [-0.1, -0.05) is 128 Å². The topological polar surface area (TPSA) is 88.5 Å². The van der Waals surface area contributed by atoms with Crippen molar-refractivity contribution in [2.45, 2.75) is 169 Å². The zero-order chi connectivity index (χ0) is 64.8. The first-order valence-electron chi connectivity index (χ1n) is 31.5. The van der Waals surface area contributed by atoms with Gasteiger partial charge in [-0.2, -0.15) is 17.5 Å². The normalized spacial score (nSPS) is 19.3. The largest absolute Gasteiger partial charge is 0.497 e. The Morgan fingerprint density at radius 2 is 0.674 bits per heavy atom. The Bertz CT molecular complexity index is 4980. The molecule has 2 saturated heterocycles. The average molecular weight is 1450 g/mol. The lowest BCUT2D eigenvalue weighted by Crippen LogP contribution is -2.41. The summed E-state index contributed by atoms with van der Waals surface area (Å²) < 4.78 is 45.6. The van der Waals surface area contributed by atoms with Crippen molar-refractivity contribution in [3.8, 4) is 52.2 Å². The van der Waals surface area contributed by atoms with Crippen LogP contribution in [0.15, 0.2) is 105 Å². The molecule has 6 aromatic heterocycles. The van der Waals surface area contributed by atoms with Crippen molar-refractivity contribution in [1.82, 2.24) is 17.5 Å². The molecule has 0 spiro atoms. The van der Waals surface area contributed by atoms with Gasteiger partial charge in [0.05, 0.1) is 53.4 Å². The molecule has 2 fully saturated rings. The third-order valence-electron chi connectivity index (χ3n) is 21.9. The van der Waals surface area contributed by atoms with Gasteiger partial charge in [-0.25, -0.2) is 0 Å². The monoisotopic (exact) mass is 1450 g/mol. The first kappa shape index (κ1) is 62.0. The quantitative estimate of drug-likeness (QED) is 0.162. The van der Waals surface area contributed by atoms with Gasteiger partial charge in [0.2, 0.25) is 0 Å². The number of thiophene rings is 4. The van der Waals surface area contributed by atoms with Gasteiger partial charge in [-0.15, -0.1) is 45.3 Å². The highest BCUT2D eigenvalue weighted by Crippen LogP contribution is 2.62. The molecule has 6 aromatic carbocycles. The molecule has 18 rings (SSSR count). The number of fused-ring (bicyclic) bond motifs is 20. The second kappa shape index (κ2) is 20.4. The molecule has 8 heterocycles. The summed E-state index contributed by atoms with van der Waals surface area (Å²) in [6.07, 6.45) is 0. The molecule has 0 amide bonds. The predicted octanol–water partition coefficient (Wildman–Crippen LogP) is 21.3. The highest BCUT2D eigenvalue weighted by molar-refractivity contribution is 9.11. The number of nitrogens with zero attached hydrogens (tertiary/aromatic N) is 4. The fourth-order valence-electron chi connectivity index (χ4n) is 15.6. The first-order valence-corrected chi connectivity index (χ1v) is 37.8. The maximum Gasteiger partial charge on any atom is 0.497 e. The molecular weight excluding hydrogens is 1380 g/mol. The van der Waals surface area contributed by atoms with E-state index >= 15 is 0 Å². The second-order valence-corrected chi connectivity index (χ2v) is 38.2. The lowest BCUT2D eigenvalue weighted by molar-refractivity contribution is 0.00578. The molecule has 0 unspecified atom stereocenters. The minimum Gasteiger partial charge on any atom is -0.399 e. The fourth-order valence-corrected chi connectivity index (χ4v) is 23.0. The van der Waals surface area contributed by atoms with Crippen LogP contribution in [-0.4, -0.2) is 54.1 Å². The van der Waals surface area contributed by atoms with E-state index in [0.717, 1.165) is 33.0 Å². The summed E-state index contributed by atoms with van der Waals surface area (Å²) in [6.45, 7) is 39.8. The number of halogens is 2. The van der Waals surface area contributed by atoms with Crippen LogP contribution in [0.4, 0.5) is 0 Å². The Morgan fingerprint density at radius 1 is 0.348 bits per heavy atom. The third-order valence-corrected chi connectivity index (χ3v) is 28.6. The molecule has 0 bridgehead atoms. The molecule has 18 heteroatoms.